The van der Waals surface area contributed by atoms with Crippen molar-refractivity contribution >= 4 is 37.3 Å². The van der Waals surface area contributed by atoms with Gasteiger partial charge in [0.15, 0.2) is 0 Å². The average molecular weight is 372 g/mol. The first-order chi connectivity index (χ1) is 8.94. The van der Waals surface area contributed by atoms with Crippen LogP contribution in [0.3, 0.4) is 0 Å². The topological polar surface area (TPSA) is 75.6 Å². The Morgan fingerprint density at radius 2 is 2.26 bits per heavy atom. The highest BCUT2D eigenvalue weighted by atomic mass is 79.9. The summed E-state index contributed by atoms with van der Waals surface area (Å²) >= 11 is 4.43. The first-order valence-electron chi connectivity index (χ1n) is 5.85. The van der Waals surface area contributed by atoms with Crippen LogP contribution in [-0.4, -0.2) is 33.3 Å². The lowest BCUT2D eigenvalue weighted by Gasteiger charge is -2.16. The summed E-state index contributed by atoms with van der Waals surface area (Å²) in [6.07, 6.45) is 1.57. The number of aliphatic hydroxyl groups excluding tert-OH is 1. The third kappa shape index (κ3) is 4.80. The van der Waals surface area contributed by atoms with Crippen LogP contribution in [0.4, 0.5) is 0 Å². The zero-order valence-electron chi connectivity index (χ0n) is 10.8. The molecule has 8 heteroatoms. The van der Waals surface area contributed by atoms with Gasteiger partial charge in [-0.15, -0.1) is 11.3 Å². The smallest absolute Gasteiger partial charge is 0.242 e. The standard InChI is InChI=1S/C11H18BrNO4S2/c1-3-4-8(7-17-2)13-19(15,16)10-5-9(6-14)18-11(10)12/h5,8,13-14H,3-4,6-7H2,1-2H3. The Balaban J connectivity index is 2.92. The second kappa shape index (κ2) is 7.70. The summed E-state index contributed by atoms with van der Waals surface area (Å²) in [6, 6.07) is 1.23. The van der Waals surface area contributed by atoms with Gasteiger partial charge in [-0.25, -0.2) is 13.1 Å². The zero-order valence-corrected chi connectivity index (χ0v) is 14.1. The number of hydrogen-bond donors (Lipinski definition) is 2. The van der Waals surface area contributed by atoms with Gasteiger partial charge in [0.2, 0.25) is 10.0 Å². The molecule has 1 rings (SSSR count). The fourth-order valence-electron chi connectivity index (χ4n) is 1.67. The third-order valence-electron chi connectivity index (χ3n) is 2.48. The molecular weight excluding hydrogens is 354 g/mol. The predicted molar refractivity (Wildman–Crippen MR) is 78.8 cm³/mol. The van der Waals surface area contributed by atoms with E-state index in [-0.39, 0.29) is 17.5 Å². The minimum atomic E-state index is -3.60. The van der Waals surface area contributed by atoms with E-state index >= 15 is 0 Å². The quantitative estimate of drug-likeness (QED) is 0.733. The number of methoxy groups -OCH3 is 1. The van der Waals surface area contributed by atoms with Crippen LogP contribution in [0.1, 0.15) is 24.6 Å². The fraction of sp³-hybridized carbons (Fsp3) is 0.636. The molecule has 0 aliphatic carbocycles. The van der Waals surface area contributed by atoms with Crippen LogP contribution >= 0.6 is 27.3 Å². The Labute approximate surface area is 126 Å². The molecule has 0 spiro atoms. The van der Waals surface area contributed by atoms with Crippen molar-refractivity contribution < 1.29 is 18.3 Å². The number of hydrogen-bond acceptors (Lipinski definition) is 5. The van der Waals surface area contributed by atoms with E-state index in [1.165, 1.54) is 17.4 Å². The highest BCUT2D eigenvalue weighted by Gasteiger charge is 2.24. The van der Waals surface area contributed by atoms with Crippen molar-refractivity contribution in [1.82, 2.24) is 4.72 Å². The van der Waals surface area contributed by atoms with Gasteiger partial charge in [-0.2, -0.15) is 0 Å². The molecule has 0 saturated carbocycles. The molecule has 19 heavy (non-hydrogen) atoms. The molecule has 2 N–H and O–H groups in total. The average Bonchev–Trinajstić information content (AvgIpc) is 2.71. The van der Waals surface area contributed by atoms with Crippen molar-refractivity contribution in [1.29, 1.82) is 0 Å². The maximum atomic E-state index is 12.3. The minimum absolute atomic E-state index is 0.166. The van der Waals surface area contributed by atoms with Crippen LogP contribution in [-0.2, 0) is 21.4 Å². The molecule has 0 bridgehead atoms. The number of sulfonamides is 1. The highest BCUT2D eigenvalue weighted by molar-refractivity contribution is 9.11. The van der Waals surface area contributed by atoms with Crippen LogP contribution in [0.5, 0.6) is 0 Å². The van der Waals surface area contributed by atoms with Crippen molar-refractivity contribution in [2.75, 3.05) is 13.7 Å². The molecule has 0 saturated heterocycles. The number of aliphatic hydroxyl groups is 1. The van der Waals surface area contributed by atoms with Crippen molar-refractivity contribution in [2.24, 2.45) is 0 Å². The Hall–Kier alpha value is 0.01000. The Bertz CT molecular complexity index is 495. The molecule has 0 radical (unpaired) electrons. The molecule has 5 nitrogen and oxygen atoms in total. The van der Waals surface area contributed by atoms with Gasteiger partial charge < -0.3 is 9.84 Å². The summed E-state index contributed by atoms with van der Waals surface area (Å²) in [6.45, 7) is 2.15. The normalized spacial score (nSPS) is 13.7. The molecule has 0 aliphatic rings. The monoisotopic (exact) mass is 371 g/mol. The highest BCUT2D eigenvalue weighted by Crippen LogP contribution is 2.31. The summed E-state index contributed by atoms with van der Waals surface area (Å²) in [4.78, 5) is 0.768. The van der Waals surface area contributed by atoms with Crippen LogP contribution in [0.15, 0.2) is 14.7 Å². The van der Waals surface area contributed by atoms with Crippen molar-refractivity contribution in [3.05, 3.63) is 14.7 Å². The first kappa shape index (κ1) is 17.1. The van der Waals surface area contributed by atoms with E-state index in [1.807, 2.05) is 6.92 Å². The Kier molecular flexibility index (Phi) is 6.92. The van der Waals surface area contributed by atoms with Gasteiger partial charge >= 0.3 is 0 Å². The summed E-state index contributed by atoms with van der Waals surface area (Å²) in [5.74, 6) is 0. The minimum Gasteiger partial charge on any atom is -0.391 e. The molecule has 1 unspecified atom stereocenters. The van der Waals surface area contributed by atoms with Gasteiger partial charge in [0, 0.05) is 18.0 Å². The van der Waals surface area contributed by atoms with Gasteiger partial charge in [0.25, 0.3) is 0 Å². The van der Waals surface area contributed by atoms with Gasteiger partial charge in [-0.05, 0) is 28.4 Å². The fourth-order valence-corrected chi connectivity index (χ4v) is 5.47. The summed E-state index contributed by atoms with van der Waals surface area (Å²) in [7, 11) is -2.06. The lowest BCUT2D eigenvalue weighted by atomic mass is 10.2. The van der Waals surface area contributed by atoms with E-state index in [4.69, 9.17) is 9.84 Å². The summed E-state index contributed by atoms with van der Waals surface area (Å²) in [5.41, 5.74) is 0. The zero-order chi connectivity index (χ0) is 14.5. The van der Waals surface area contributed by atoms with Crippen molar-refractivity contribution in [3.63, 3.8) is 0 Å². The molecule has 0 fully saturated rings. The molecule has 0 aromatic carbocycles. The van der Waals surface area contributed by atoms with E-state index in [0.717, 1.165) is 6.42 Å². The van der Waals surface area contributed by atoms with Gasteiger partial charge in [0.05, 0.1) is 17.0 Å². The molecule has 0 aliphatic heterocycles. The van der Waals surface area contributed by atoms with Crippen LogP contribution < -0.4 is 4.72 Å². The molecule has 0 amide bonds. The van der Waals surface area contributed by atoms with E-state index in [9.17, 15) is 8.42 Å². The number of ether oxygens (including phenoxy) is 1. The van der Waals surface area contributed by atoms with Crippen molar-refractivity contribution in [2.45, 2.75) is 37.3 Å². The molecule has 110 valence electrons. The van der Waals surface area contributed by atoms with Gasteiger partial charge in [-0.1, -0.05) is 13.3 Å². The number of rotatable bonds is 8. The van der Waals surface area contributed by atoms with E-state index in [0.29, 0.717) is 21.7 Å². The van der Waals surface area contributed by atoms with E-state index in [2.05, 4.69) is 20.7 Å². The molecule has 1 aromatic rings. The molecule has 1 atom stereocenters. The number of nitrogens with one attached hydrogen (secondary N) is 1. The summed E-state index contributed by atoms with van der Waals surface area (Å²) in [5, 5.41) is 9.05. The van der Waals surface area contributed by atoms with Crippen LogP contribution in [0.2, 0.25) is 0 Å². The predicted octanol–water partition coefficient (Wildman–Crippen LogP) is 2.10. The maximum absolute atomic E-state index is 12.3. The molecule has 1 heterocycles. The number of halogens is 1. The van der Waals surface area contributed by atoms with E-state index in [1.54, 1.807) is 7.11 Å². The maximum Gasteiger partial charge on any atom is 0.242 e. The first-order valence-corrected chi connectivity index (χ1v) is 8.94. The lowest BCUT2D eigenvalue weighted by molar-refractivity contribution is 0.171. The molecular formula is C11H18BrNO4S2. The van der Waals surface area contributed by atoms with E-state index < -0.39 is 10.0 Å². The van der Waals surface area contributed by atoms with Gasteiger partial charge in [-0.3, -0.25) is 0 Å². The van der Waals surface area contributed by atoms with Crippen molar-refractivity contribution in [3.8, 4) is 0 Å². The number of thiophene rings is 1. The van der Waals surface area contributed by atoms with Crippen LogP contribution in [0.25, 0.3) is 0 Å². The molecule has 1 aromatic heterocycles. The second-order valence-electron chi connectivity index (χ2n) is 4.07. The Morgan fingerprint density at radius 1 is 1.58 bits per heavy atom. The Morgan fingerprint density at radius 3 is 2.74 bits per heavy atom. The lowest BCUT2D eigenvalue weighted by Crippen LogP contribution is -2.37. The largest absolute Gasteiger partial charge is 0.391 e. The summed E-state index contributed by atoms with van der Waals surface area (Å²) < 4.78 is 32.7. The second-order valence-corrected chi connectivity index (χ2v) is 8.21. The SMILES string of the molecule is CCCC(COC)NS(=O)(=O)c1cc(CO)sc1Br. The van der Waals surface area contributed by atoms with Gasteiger partial charge in [0.1, 0.15) is 4.90 Å². The van der Waals surface area contributed by atoms with Crippen LogP contribution in [0, 0.1) is 0 Å². The third-order valence-corrected chi connectivity index (χ3v) is 6.24.